The number of nitrogens with zero attached hydrogens (tertiary/aromatic N) is 1. The van der Waals surface area contributed by atoms with Gasteiger partial charge in [-0.1, -0.05) is 17.7 Å². The van der Waals surface area contributed by atoms with E-state index < -0.39 is 21.9 Å². The first-order valence-corrected chi connectivity index (χ1v) is 7.98. The first kappa shape index (κ1) is 15.2. The third-order valence-electron chi connectivity index (χ3n) is 3.03. The molecule has 110 valence electrons. The number of nitrogens with one attached hydrogen (secondary N) is 1. The van der Waals surface area contributed by atoms with Gasteiger partial charge in [0.15, 0.2) is 0 Å². The minimum atomic E-state index is -3.60. The molecular weight excluding hydrogens is 307 g/mol. The molecule has 1 fully saturated rings. The molecule has 1 aliphatic rings. The van der Waals surface area contributed by atoms with Crippen molar-refractivity contribution in [2.24, 2.45) is 0 Å². The van der Waals surface area contributed by atoms with Gasteiger partial charge in [-0.2, -0.15) is 0 Å². The maximum atomic E-state index is 13.0. The van der Waals surface area contributed by atoms with E-state index in [4.69, 9.17) is 11.6 Å². The lowest BCUT2D eigenvalue weighted by Crippen LogP contribution is -2.37. The molecule has 1 heterocycles. The van der Waals surface area contributed by atoms with Gasteiger partial charge < -0.3 is 4.90 Å². The van der Waals surface area contributed by atoms with E-state index in [9.17, 15) is 17.6 Å². The van der Waals surface area contributed by atoms with Gasteiger partial charge in [0.25, 0.3) is 0 Å². The zero-order chi connectivity index (χ0) is 14.9. The molecule has 2 rings (SSSR count). The molecule has 1 saturated heterocycles. The number of carbonyl (C=O) groups excluding carboxylic acids is 1. The van der Waals surface area contributed by atoms with E-state index in [2.05, 4.69) is 4.72 Å². The van der Waals surface area contributed by atoms with E-state index in [1.165, 1.54) is 17.0 Å². The Morgan fingerprint density at radius 3 is 2.75 bits per heavy atom. The molecule has 0 radical (unpaired) electrons. The summed E-state index contributed by atoms with van der Waals surface area (Å²) in [6.07, 6.45) is 0.153. The summed E-state index contributed by atoms with van der Waals surface area (Å²) in [6.45, 7) is 0.349. The maximum Gasteiger partial charge on any atom is 0.224 e. The number of amides is 1. The molecule has 0 spiro atoms. The van der Waals surface area contributed by atoms with Crippen molar-refractivity contribution in [3.05, 3.63) is 34.6 Å². The van der Waals surface area contributed by atoms with Crippen LogP contribution in [0.4, 0.5) is 4.39 Å². The van der Waals surface area contributed by atoms with Gasteiger partial charge in [0, 0.05) is 26.1 Å². The summed E-state index contributed by atoms with van der Waals surface area (Å²) in [5.74, 6) is -0.993. The lowest BCUT2D eigenvalue weighted by molar-refractivity contribution is -0.126. The van der Waals surface area contributed by atoms with Crippen LogP contribution in [0.25, 0.3) is 0 Å². The van der Waals surface area contributed by atoms with Crippen molar-refractivity contribution in [2.75, 3.05) is 13.6 Å². The first-order chi connectivity index (χ1) is 9.27. The van der Waals surface area contributed by atoms with E-state index in [1.54, 1.807) is 7.05 Å². The Morgan fingerprint density at radius 2 is 2.20 bits per heavy atom. The monoisotopic (exact) mass is 320 g/mol. The predicted molar refractivity (Wildman–Crippen MR) is 73.2 cm³/mol. The van der Waals surface area contributed by atoms with E-state index >= 15 is 0 Å². The molecular formula is C12H14ClFN2O3S. The highest BCUT2D eigenvalue weighted by molar-refractivity contribution is 7.88. The van der Waals surface area contributed by atoms with Crippen LogP contribution in [-0.2, 0) is 20.6 Å². The average molecular weight is 321 g/mol. The summed E-state index contributed by atoms with van der Waals surface area (Å²) >= 11 is 5.61. The quantitative estimate of drug-likeness (QED) is 0.904. The number of likely N-dealkylation sites (N-methyl/N-ethyl adjacent to an activating group) is 1. The van der Waals surface area contributed by atoms with Crippen LogP contribution in [0.15, 0.2) is 18.2 Å². The van der Waals surface area contributed by atoms with Crippen molar-refractivity contribution in [2.45, 2.75) is 18.2 Å². The summed E-state index contributed by atoms with van der Waals surface area (Å²) < 4.78 is 39.5. The molecule has 1 unspecified atom stereocenters. The summed E-state index contributed by atoms with van der Waals surface area (Å²) in [7, 11) is -1.98. The summed E-state index contributed by atoms with van der Waals surface area (Å²) in [5, 5.41) is -0.117. The fourth-order valence-electron chi connectivity index (χ4n) is 2.09. The molecule has 1 amide bonds. The average Bonchev–Trinajstić information content (AvgIpc) is 2.61. The van der Waals surface area contributed by atoms with Gasteiger partial charge in [-0.05, 0) is 17.7 Å². The molecule has 1 aliphatic heterocycles. The Kier molecular flexibility index (Phi) is 4.31. The third kappa shape index (κ3) is 3.68. The second-order valence-electron chi connectivity index (χ2n) is 4.80. The number of halogens is 2. The normalized spacial score (nSPS) is 19.6. The first-order valence-electron chi connectivity index (χ1n) is 5.95. The molecule has 0 bridgehead atoms. The summed E-state index contributed by atoms with van der Waals surface area (Å²) in [5.41, 5.74) is 0.390. The van der Waals surface area contributed by atoms with E-state index in [-0.39, 0.29) is 23.1 Å². The maximum absolute atomic E-state index is 13.0. The zero-order valence-corrected chi connectivity index (χ0v) is 12.3. The molecule has 20 heavy (non-hydrogen) atoms. The fourth-order valence-corrected chi connectivity index (χ4v) is 3.66. The highest BCUT2D eigenvalue weighted by Gasteiger charge is 2.29. The van der Waals surface area contributed by atoms with Crippen LogP contribution in [-0.4, -0.2) is 38.9 Å². The van der Waals surface area contributed by atoms with Crippen molar-refractivity contribution in [1.29, 1.82) is 0 Å². The highest BCUT2D eigenvalue weighted by Crippen LogP contribution is 2.18. The van der Waals surface area contributed by atoms with Gasteiger partial charge in [0.05, 0.1) is 10.8 Å². The van der Waals surface area contributed by atoms with Crippen LogP contribution >= 0.6 is 11.6 Å². The van der Waals surface area contributed by atoms with Crippen LogP contribution in [0.1, 0.15) is 12.0 Å². The second kappa shape index (κ2) is 5.67. The van der Waals surface area contributed by atoms with Crippen LogP contribution in [0, 0.1) is 5.82 Å². The summed E-state index contributed by atoms with van der Waals surface area (Å²) in [4.78, 5) is 12.8. The van der Waals surface area contributed by atoms with Gasteiger partial charge >= 0.3 is 0 Å². The minimum Gasteiger partial charge on any atom is -0.344 e. The molecule has 1 aromatic rings. The van der Waals surface area contributed by atoms with Crippen molar-refractivity contribution in [1.82, 2.24) is 9.62 Å². The Labute approximate surface area is 121 Å². The van der Waals surface area contributed by atoms with Crippen LogP contribution in [0.2, 0.25) is 5.02 Å². The lowest BCUT2D eigenvalue weighted by Gasteiger charge is -2.13. The summed E-state index contributed by atoms with van der Waals surface area (Å²) in [6, 6.07) is 3.35. The second-order valence-corrected chi connectivity index (χ2v) is 6.96. The SMILES string of the molecule is CN1CC(NS(=O)(=O)Cc2ccc(F)c(Cl)c2)CC1=O. The number of sulfonamides is 1. The number of hydrogen-bond acceptors (Lipinski definition) is 3. The largest absolute Gasteiger partial charge is 0.344 e. The Bertz CT molecular complexity index is 636. The number of benzene rings is 1. The minimum absolute atomic E-state index is 0.0949. The molecule has 5 nitrogen and oxygen atoms in total. The van der Waals surface area contributed by atoms with Crippen LogP contribution in [0.5, 0.6) is 0 Å². The van der Waals surface area contributed by atoms with Gasteiger partial charge in [-0.25, -0.2) is 17.5 Å². The number of carbonyl (C=O) groups is 1. The lowest BCUT2D eigenvalue weighted by atomic mass is 10.2. The highest BCUT2D eigenvalue weighted by atomic mass is 35.5. The molecule has 0 saturated carbocycles. The van der Waals surface area contributed by atoms with Crippen LogP contribution in [0.3, 0.4) is 0 Å². The molecule has 0 aromatic heterocycles. The fraction of sp³-hybridized carbons (Fsp3) is 0.417. The van der Waals surface area contributed by atoms with E-state index in [1.807, 2.05) is 0 Å². The molecule has 0 aliphatic carbocycles. The molecule has 1 aromatic carbocycles. The van der Waals surface area contributed by atoms with E-state index in [0.717, 1.165) is 6.07 Å². The zero-order valence-electron chi connectivity index (χ0n) is 10.8. The predicted octanol–water partition coefficient (Wildman–Crippen LogP) is 1.13. The Balaban J connectivity index is 2.04. The van der Waals surface area contributed by atoms with Crippen molar-refractivity contribution >= 4 is 27.5 Å². The number of rotatable bonds is 4. The van der Waals surface area contributed by atoms with Crippen molar-refractivity contribution in [3.63, 3.8) is 0 Å². The van der Waals surface area contributed by atoms with Gasteiger partial charge in [-0.15, -0.1) is 0 Å². The van der Waals surface area contributed by atoms with Gasteiger partial charge in [0.2, 0.25) is 15.9 Å². The van der Waals surface area contributed by atoms with Crippen LogP contribution < -0.4 is 4.72 Å². The standard InChI is InChI=1S/C12H14ClFN2O3S/c1-16-6-9(5-12(16)17)15-20(18,19)7-8-2-3-11(14)10(13)4-8/h2-4,9,15H,5-7H2,1H3. The van der Waals surface area contributed by atoms with Crippen molar-refractivity contribution in [3.8, 4) is 0 Å². The van der Waals surface area contributed by atoms with E-state index in [0.29, 0.717) is 12.1 Å². The van der Waals surface area contributed by atoms with Gasteiger partial charge in [0.1, 0.15) is 5.82 Å². The third-order valence-corrected chi connectivity index (χ3v) is 4.72. The van der Waals surface area contributed by atoms with Gasteiger partial charge in [-0.3, -0.25) is 4.79 Å². The smallest absolute Gasteiger partial charge is 0.224 e. The Hall–Kier alpha value is -1.18. The topological polar surface area (TPSA) is 66.5 Å². The molecule has 1 atom stereocenters. The van der Waals surface area contributed by atoms with Crippen molar-refractivity contribution < 1.29 is 17.6 Å². The number of hydrogen-bond donors (Lipinski definition) is 1. The Morgan fingerprint density at radius 1 is 1.50 bits per heavy atom. The molecule has 8 heteroatoms. The molecule has 1 N–H and O–H groups in total. The number of likely N-dealkylation sites (tertiary alicyclic amines) is 1.